The van der Waals surface area contributed by atoms with Crippen LogP contribution in [0, 0.1) is 0 Å². The van der Waals surface area contributed by atoms with Crippen molar-refractivity contribution in [2.75, 3.05) is 11.9 Å². The van der Waals surface area contributed by atoms with Crippen LogP contribution in [0.5, 0.6) is 0 Å². The average molecular weight is 308 g/mol. The second kappa shape index (κ2) is 6.97. The fraction of sp³-hybridized carbons (Fsp3) is 0.350. The van der Waals surface area contributed by atoms with Crippen LogP contribution >= 0.6 is 0 Å². The van der Waals surface area contributed by atoms with Crippen molar-refractivity contribution in [2.45, 2.75) is 38.1 Å². The Balaban J connectivity index is 1.76. The second-order valence-corrected chi connectivity index (χ2v) is 6.24. The molecule has 0 bridgehead atoms. The molecular weight excluding hydrogens is 284 g/mol. The molecule has 1 aliphatic carbocycles. The fourth-order valence-corrected chi connectivity index (χ4v) is 3.21. The van der Waals surface area contributed by atoms with Gasteiger partial charge in [0.2, 0.25) is 5.91 Å². The number of rotatable bonds is 6. The minimum Gasteiger partial charge on any atom is -0.325 e. The predicted octanol–water partition coefficient (Wildman–Crippen LogP) is 3.86. The molecule has 1 amide bonds. The number of amides is 1. The molecule has 2 aromatic carbocycles. The number of anilines is 1. The largest absolute Gasteiger partial charge is 0.325 e. The highest BCUT2D eigenvalue weighted by Crippen LogP contribution is 2.44. The van der Waals surface area contributed by atoms with Crippen molar-refractivity contribution >= 4 is 11.6 Å². The molecule has 0 aliphatic heterocycles. The maximum Gasteiger partial charge on any atom is 0.235 e. The van der Waals surface area contributed by atoms with E-state index in [1.165, 1.54) is 5.56 Å². The molecule has 3 heteroatoms. The van der Waals surface area contributed by atoms with Crippen LogP contribution in [0.1, 0.15) is 37.3 Å². The molecule has 0 unspecified atom stereocenters. The molecule has 0 radical (unpaired) electrons. The average Bonchev–Trinajstić information content (AvgIpc) is 2.53. The fourth-order valence-electron chi connectivity index (χ4n) is 3.21. The normalized spacial score (nSPS) is 15.7. The standard InChI is InChI=1S/C20H24N2O/c1-2-21-15-16-8-6-11-18(14-16)22-19(23)20(12-7-13-20)17-9-4-3-5-10-17/h3-6,8-11,14,21H,2,7,12-13,15H2,1H3,(H,22,23). The number of benzene rings is 2. The van der Waals surface area contributed by atoms with Crippen LogP contribution in [0.2, 0.25) is 0 Å². The molecule has 23 heavy (non-hydrogen) atoms. The summed E-state index contributed by atoms with van der Waals surface area (Å²) in [4.78, 5) is 12.9. The molecule has 2 aromatic rings. The quantitative estimate of drug-likeness (QED) is 0.851. The van der Waals surface area contributed by atoms with E-state index in [1.807, 2.05) is 30.3 Å². The molecule has 0 heterocycles. The van der Waals surface area contributed by atoms with Gasteiger partial charge >= 0.3 is 0 Å². The summed E-state index contributed by atoms with van der Waals surface area (Å²) in [5.74, 6) is 0.121. The maximum atomic E-state index is 12.9. The molecule has 1 saturated carbocycles. The van der Waals surface area contributed by atoms with E-state index in [4.69, 9.17) is 0 Å². The van der Waals surface area contributed by atoms with Gasteiger partial charge in [0.25, 0.3) is 0 Å². The van der Waals surface area contributed by atoms with E-state index in [0.717, 1.165) is 43.6 Å². The van der Waals surface area contributed by atoms with Gasteiger partial charge in [0.15, 0.2) is 0 Å². The predicted molar refractivity (Wildman–Crippen MR) is 94.4 cm³/mol. The van der Waals surface area contributed by atoms with E-state index in [1.54, 1.807) is 0 Å². The first kappa shape index (κ1) is 15.8. The van der Waals surface area contributed by atoms with Crippen LogP contribution in [0.15, 0.2) is 54.6 Å². The minimum absolute atomic E-state index is 0.121. The molecule has 3 nitrogen and oxygen atoms in total. The van der Waals surface area contributed by atoms with E-state index in [9.17, 15) is 4.79 Å². The summed E-state index contributed by atoms with van der Waals surface area (Å²) in [6.45, 7) is 3.85. The number of nitrogens with one attached hydrogen (secondary N) is 2. The summed E-state index contributed by atoms with van der Waals surface area (Å²) in [7, 11) is 0. The lowest BCUT2D eigenvalue weighted by Crippen LogP contribution is -2.46. The third-order valence-corrected chi connectivity index (χ3v) is 4.73. The van der Waals surface area contributed by atoms with Gasteiger partial charge in [-0.3, -0.25) is 4.79 Å². The molecule has 2 N–H and O–H groups in total. The van der Waals surface area contributed by atoms with Crippen molar-refractivity contribution in [1.82, 2.24) is 5.32 Å². The van der Waals surface area contributed by atoms with Crippen molar-refractivity contribution in [1.29, 1.82) is 0 Å². The van der Waals surface area contributed by atoms with Gasteiger partial charge in [-0.2, -0.15) is 0 Å². The number of hydrogen-bond donors (Lipinski definition) is 2. The molecule has 0 atom stereocenters. The van der Waals surface area contributed by atoms with Gasteiger partial charge in [0, 0.05) is 12.2 Å². The van der Waals surface area contributed by atoms with Crippen molar-refractivity contribution in [3.05, 3.63) is 65.7 Å². The first-order valence-corrected chi connectivity index (χ1v) is 8.41. The lowest BCUT2D eigenvalue weighted by atomic mass is 9.64. The smallest absolute Gasteiger partial charge is 0.235 e. The molecule has 0 spiro atoms. The highest BCUT2D eigenvalue weighted by molar-refractivity contribution is 6.00. The monoisotopic (exact) mass is 308 g/mol. The number of hydrogen-bond acceptors (Lipinski definition) is 2. The Kier molecular flexibility index (Phi) is 4.77. The molecule has 3 rings (SSSR count). The molecule has 1 aliphatic rings. The first-order valence-electron chi connectivity index (χ1n) is 8.41. The van der Waals surface area contributed by atoms with E-state index in [-0.39, 0.29) is 11.3 Å². The van der Waals surface area contributed by atoms with Crippen LogP contribution in [0.3, 0.4) is 0 Å². The second-order valence-electron chi connectivity index (χ2n) is 6.24. The van der Waals surface area contributed by atoms with Gasteiger partial charge in [0.05, 0.1) is 5.41 Å². The van der Waals surface area contributed by atoms with Gasteiger partial charge in [-0.05, 0) is 42.6 Å². The van der Waals surface area contributed by atoms with Crippen molar-refractivity contribution in [2.24, 2.45) is 0 Å². The van der Waals surface area contributed by atoms with Gasteiger partial charge in [0.1, 0.15) is 0 Å². The maximum absolute atomic E-state index is 12.9. The summed E-state index contributed by atoms with van der Waals surface area (Å²) in [6, 6.07) is 18.3. The summed E-state index contributed by atoms with van der Waals surface area (Å²) >= 11 is 0. The summed E-state index contributed by atoms with van der Waals surface area (Å²) in [5.41, 5.74) is 2.85. The molecule has 1 fully saturated rings. The topological polar surface area (TPSA) is 41.1 Å². The highest BCUT2D eigenvalue weighted by Gasteiger charge is 2.45. The van der Waals surface area contributed by atoms with E-state index < -0.39 is 0 Å². The van der Waals surface area contributed by atoms with Gasteiger partial charge in [-0.15, -0.1) is 0 Å². The Morgan fingerprint density at radius 3 is 2.52 bits per heavy atom. The summed E-state index contributed by atoms with van der Waals surface area (Å²) in [5, 5.41) is 6.44. The zero-order valence-electron chi connectivity index (χ0n) is 13.6. The Hall–Kier alpha value is -2.13. The van der Waals surface area contributed by atoms with Crippen molar-refractivity contribution < 1.29 is 4.79 Å². The van der Waals surface area contributed by atoms with Crippen LogP contribution in [-0.2, 0) is 16.8 Å². The molecular formula is C20H24N2O. The first-order chi connectivity index (χ1) is 11.2. The Bertz CT molecular complexity index is 662. The van der Waals surface area contributed by atoms with Crippen LogP contribution in [0.25, 0.3) is 0 Å². The SMILES string of the molecule is CCNCc1cccc(NC(=O)C2(c3ccccc3)CCC2)c1. The van der Waals surface area contributed by atoms with E-state index in [0.29, 0.717) is 0 Å². The Labute approximate surface area is 138 Å². The van der Waals surface area contributed by atoms with Gasteiger partial charge in [-0.1, -0.05) is 55.8 Å². The van der Waals surface area contributed by atoms with Crippen molar-refractivity contribution in [3.63, 3.8) is 0 Å². The minimum atomic E-state index is -0.348. The summed E-state index contributed by atoms with van der Waals surface area (Å²) < 4.78 is 0. The number of carbonyl (C=O) groups is 1. The Morgan fingerprint density at radius 1 is 1.09 bits per heavy atom. The highest BCUT2D eigenvalue weighted by atomic mass is 16.2. The zero-order valence-corrected chi connectivity index (χ0v) is 13.6. The lowest BCUT2D eigenvalue weighted by Gasteiger charge is -2.40. The van der Waals surface area contributed by atoms with Crippen LogP contribution in [-0.4, -0.2) is 12.5 Å². The Morgan fingerprint density at radius 2 is 1.87 bits per heavy atom. The van der Waals surface area contributed by atoms with Gasteiger partial charge < -0.3 is 10.6 Å². The van der Waals surface area contributed by atoms with E-state index in [2.05, 4.69) is 41.8 Å². The van der Waals surface area contributed by atoms with Gasteiger partial charge in [-0.25, -0.2) is 0 Å². The van der Waals surface area contributed by atoms with Crippen LogP contribution < -0.4 is 10.6 Å². The molecule has 0 saturated heterocycles. The third kappa shape index (κ3) is 3.30. The molecule has 0 aromatic heterocycles. The number of carbonyl (C=O) groups excluding carboxylic acids is 1. The third-order valence-electron chi connectivity index (χ3n) is 4.73. The zero-order chi connectivity index (χ0) is 16.1. The van der Waals surface area contributed by atoms with Crippen LogP contribution in [0.4, 0.5) is 5.69 Å². The summed E-state index contributed by atoms with van der Waals surface area (Å²) in [6.07, 6.45) is 2.97. The molecule has 120 valence electrons. The van der Waals surface area contributed by atoms with E-state index >= 15 is 0 Å². The van der Waals surface area contributed by atoms with Crippen molar-refractivity contribution in [3.8, 4) is 0 Å². The lowest BCUT2D eigenvalue weighted by molar-refractivity contribution is -0.124.